The highest BCUT2D eigenvalue weighted by Gasteiger charge is 2.57. The highest BCUT2D eigenvalue weighted by atomic mass is 16.2. The van der Waals surface area contributed by atoms with Gasteiger partial charge in [-0.2, -0.15) is 0 Å². The topological polar surface area (TPSA) is 52.7 Å². The van der Waals surface area contributed by atoms with Crippen LogP contribution < -0.4 is 5.32 Å². The molecule has 0 aliphatic carbocycles. The summed E-state index contributed by atoms with van der Waals surface area (Å²) in [5.74, 6) is 1.48. The Hall–Kier alpha value is -1.88. The van der Waals surface area contributed by atoms with E-state index < -0.39 is 0 Å². The molecule has 2 amide bonds. The Morgan fingerprint density at radius 1 is 1.19 bits per heavy atom. The molecule has 1 spiro atoms. The maximum Gasteiger partial charge on any atom is 0.253 e. The molecular weight excluding hydrogens is 326 g/mol. The molecule has 0 unspecified atom stereocenters. The molecule has 0 saturated carbocycles. The van der Waals surface area contributed by atoms with Gasteiger partial charge in [0.1, 0.15) is 0 Å². The lowest BCUT2D eigenvalue weighted by Gasteiger charge is -2.43. The molecule has 3 saturated heterocycles. The fourth-order valence-electron chi connectivity index (χ4n) is 5.17. The highest BCUT2D eigenvalue weighted by molar-refractivity contribution is 5.94. The fraction of sp³-hybridized carbons (Fsp3) is 0.619. The lowest BCUT2D eigenvalue weighted by molar-refractivity contribution is -0.123. The van der Waals surface area contributed by atoms with Crippen molar-refractivity contribution in [3.05, 3.63) is 35.9 Å². The van der Waals surface area contributed by atoms with Crippen molar-refractivity contribution in [3.63, 3.8) is 0 Å². The second-order valence-corrected chi connectivity index (χ2v) is 8.63. The van der Waals surface area contributed by atoms with Gasteiger partial charge < -0.3 is 15.1 Å². The Morgan fingerprint density at radius 2 is 1.88 bits per heavy atom. The number of hydrogen-bond donors (Lipinski definition) is 1. The van der Waals surface area contributed by atoms with E-state index in [1.807, 2.05) is 35.2 Å². The molecule has 2 atom stereocenters. The van der Waals surface area contributed by atoms with E-state index in [1.165, 1.54) is 0 Å². The summed E-state index contributed by atoms with van der Waals surface area (Å²) in [6, 6.07) is 9.49. The summed E-state index contributed by atoms with van der Waals surface area (Å²) in [4.78, 5) is 29.7. The number of carbonyl (C=O) groups is 2. The number of rotatable bonds is 3. The SMILES string of the molecule is CC(C)CN1C[C@@H]2C(=O)NC3(CCN(C(=O)c4ccccc4)CC3)[C@@H]2C1. The first-order valence-electron chi connectivity index (χ1n) is 9.87. The molecular formula is C21H29N3O2. The molecule has 5 nitrogen and oxygen atoms in total. The van der Waals surface area contributed by atoms with Crippen molar-refractivity contribution < 1.29 is 9.59 Å². The van der Waals surface area contributed by atoms with Gasteiger partial charge in [0, 0.05) is 49.7 Å². The Labute approximate surface area is 155 Å². The van der Waals surface area contributed by atoms with Crippen molar-refractivity contribution >= 4 is 11.8 Å². The first-order chi connectivity index (χ1) is 12.5. The molecule has 26 heavy (non-hydrogen) atoms. The van der Waals surface area contributed by atoms with E-state index in [-0.39, 0.29) is 23.3 Å². The first-order valence-corrected chi connectivity index (χ1v) is 9.87. The van der Waals surface area contributed by atoms with Gasteiger partial charge in [0.15, 0.2) is 0 Å². The van der Waals surface area contributed by atoms with E-state index in [0.29, 0.717) is 11.8 Å². The smallest absolute Gasteiger partial charge is 0.253 e. The third kappa shape index (κ3) is 3.02. The molecule has 4 rings (SSSR count). The van der Waals surface area contributed by atoms with E-state index in [4.69, 9.17) is 0 Å². The standard InChI is InChI=1S/C21H29N3O2/c1-15(2)12-23-13-17-18(14-23)21(22-19(17)25)8-10-24(11-9-21)20(26)16-6-4-3-5-7-16/h3-7,15,17-18H,8-14H2,1-2H3,(H,22,25)/t17-,18+/m0/s1. The lowest BCUT2D eigenvalue weighted by atomic mass is 9.75. The third-order valence-electron chi connectivity index (χ3n) is 6.40. The van der Waals surface area contributed by atoms with Crippen LogP contribution in [0.4, 0.5) is 0 Å². The number of hydrogen-bond acceptors (Lipinski definition) is 3. The van der Waals surface area contributed by atoms with E-state index in [1.54, 1.807) is 0 Å². The van der Waals surface area contributed by atoms with Crippen LogP contribution in [0.1, 0.15) is 37.0 Å². The van der Waals surface area contributed by atoms with Gasteiger partial charge >= 0.3 is 0 Å². The van der Waals surface area contributed by atoms with Crippen LogP contribution in [-0.2, 0) is 4.79 Å². The lowest BCUT2D eigenvalue weighted by Crippen LogP contribution is -2.56. The number of likely N-dealkylation sites (tertiary alicyclic amines) is 2. The third-order valence-corrected chi connectivity index (χ3v) is 6.40. The molecule has 140 valence electrons. The number of piperidine rings is 1. The summed E-state index contributed by atoms with van der Waals surface area (Å²) in [5, 5.41) is 3.34. The van der Waals surface area contributed by atoms with Crippen molar-refractivity contribution in [2.24, 2.45) is 17.8 Å². The van der Waals surface area contributed by atoms with Gasteiger partial charge in [0.25, 0.3) is 5.91 Å². The van der Waals surface area contributed by atoms with Crippen LogP contribution in [0.15, 0.2) is 30.3 Å². The molecule has 3 fully saturated rings. The van der Waals surface area contributed by atoms with E-state index >= 15 is 0 Å². The van der Waals surface area contributed by atoms with Crippen LogP contribution in [0.2, 0.25) is 0 Å². The second-order valence-electron chi connectivity index (χ2n) is 8.63. The zero-order valence-corrected chi connectivity index (χ0v) is 15.8. The zero-order valence-electron chi connectivity index (χ0n) is 15.8. The van der Waals surface area contributed by atoms with Gasteiger partial charge in [0.2, 0.25) is 5.91 Å². The number of fused-ring (bicyclic) bond motifs is 2. The van der Waals surface area contributed by atoms with Crippen LogP contribution in [-0.4, -0.2) is 59.9 Å². The number of nitrogens with one attached hydrogen (secondary N) is 1. The summed E-state index contributed by atoms with van der Waals surface area (Å²) < 4.78 is 0. The predicted molar refractivity (Wildman–Crippen MR) is 101 cm³/mol. The van der Waals surface area contributed by atoms with Crippen LogP contribution in [0, 0.1) is 17.8 Å². The molecule has 1 aromatic carbocycles. The van der Waals surface area contributed by atoms with Gasteiger partial charge in [-0.1, -0.05) is 32.0 Å². The first kappa shape index (κ1) is 17.5. The van der Waals surface area contributed by atoms with Crippen molar-refractivity contribution in [2.75, 3.05) is 32.7 Å². The molecule has 3 aliphatic heterocycles. The quantitative estimate of drug-likeness (QED) is 0.902. The van der Waals surface area contributed by atoms with Crippen LogP contribution in [0.5, 0.6) is 0 Å². The minimum atomic E-state index is -0.110. The van der Waals surface area contributed by atoms with Crippen LogP contribution in [0.3, 0.4) is 0 Å². The molecule has 0 aromatic heterocycles. The molecule has 0 bridgehead atoms. The summed E-state index contributed by atoms with van der Waals surface area (Å²) in [7, 11) is 0. The van der Waals surface area contributed by atoms with Crippen LogP contribution in [0.25, 0.3) is 0 Å². The minimum Gasteiger partial charge on any atom is -0.350 e. The molecule has 1 aromatic rings. The molecule has 1 N–H and O–H groups in total. The van der Waals surface area contributed by atoms with Gasteiger partial charge in [0.05, 0.1) is 5.92 Å². The largest absolute Gasteiger partial charge is 0.350 e. The molecule has 0 radical (unpaired) electrons. The normalized spacial score (nSPS) is 27.8. The maximum absolute atomic E-state index is 12.7. The van der Waals surface area contributed by atoms with Gasteiger partial charge in [-0.25, -0.2) is 0 Å². The summed E-state index contributed by atoms with van der Waals surface area (Å²) in [5.41, 5.74) is 0.641. The van der Waals surface area contributed by atoms with Gasteiger partial charge in [-0.3, -0.25) is 9.59 Å². The predicted octanol–water partition coefficient (Wildman–Crippen LogP) is 2.00. The van der Waals surface area contributed by atoms with E-state index in [9.17, 15) is 9.59 Å². The van der Waals surface area contributed by atoms with Crippen molar-refractivity contribution in [1.82, 2.24) is 15.1 Å². The van der Waals surface area contributed by atoms with E-state index in [2.05, 4.69) is 24.1 Å². The van der Waals surface area contributed by atoms with Crippen molar-refractivity contribution in [2.45, 2.75) is 32.2 Å². The van der Waals surface area contributed by atoms with Gasteiger partial charge in [-0.05, 0) is 30.9 Å². The van der Waals surface area contributed by atoms with Crippen molar-refractivity contribution in [1.29, 1.82) is 0 Å². The van der Waals surface area contributed by atoms with Crippen LogP contribution >= 0.6 is 0 Å². The van der Waals surface area contributed by atoms with Crippen molar-refractivity contribution in [3.8, 4) is 0 Å². The minimum absolute atomic E-state index is 0.106. The highest BCUT2D eigenvalue weighted by Crippen LogP contribution is 2.44. The summed E-state index contributed by atoms with van der Waals surface area (Å²) in [6.45, 7) is 8.88. The number of amides is 2. The van der Waals surface area contributed by atoms with E-state index in [0.717, 1.165) is 51.1 Å². The Kier molecular flexibility index (Phi) is 4.51. The molecule has 3 aliphatic rings. The molecule has 5 heteroatoms. The van der Waals surface area contributed by atoms with Gasteiger partial charge in [-0.15, -0.1) is 0 Å². The fourth-order valence-corrected chi connectivity index (χ4v) is 5.17. The molecule has 3 heterocycles. The summed E-state index contributed by atoms with van der Waals surface area (Å²) >= 11 is 0. The Balaban J connectivity index is 1.43. The monoisotopic (exact) mass is 355 g/mol. The second kappa shape index (κ2) is 6.69. The Morgan fingerprint density at radius 3 is 2.54 bits per heavy atom. The number of nitrogens with zero attached hydrogens (tertiary/aromatic N) is 2. The number of carbonyl (C=O) groups excluding carboxylic acids is 2. The number of benzene rings is 1. The average molecular weight is 355 g/mol. The zero-order chi connectivity index (χ0) is 18.3. The summed E-state index contributed by atoms with van der Waals surface area (Å²) in [6.07, 6.45) is 1.74. The Bertz CT molecular complexity index is 680. The maximum atomic E-state index is 12.7. The average Bonchev–Trinajstić information content (AvgIpc) is 3.15.